The molecule has 0 saturated heterocycles. The van der Waals surface area contributed by atoms with Crippen LogP contribution in [0.4, 0.5) is 0 Å². The summed E-state index contributed by atoms with van der Waals surface area (Å²) in [5, 5.41) is 3.04. The Morgan fingerprint density at radius 2 is 2.04 bits per heavy atom. The summed E-state index contributed by atoms with van der Waals surface area (Å²) in [6.07, 6.45) is 4.86. The zero-order chi connectivity index (χ0) is 18.7. The molecule has 3 aromatic rings. The van der Waals surface area contributed by atoms with Gasteiger partial charge in [-0.05, 0) is 57.0 Å². The van der Waals surface area contributed by atoms with E-state index in [2.05, 4.69) is 17.2 Å². The van der Waals surface area contributed by atoms with Gasteiger partial charge in [0.25, 0.3) is 5.91 Å². The van der Waals surface area contributed by atoms with Crippen LogP contribution in [0.15, 0.2) is 48.8 Å². The van der Waals surface area contributed by atoms with Crippen molar-refractivity contribution in [2.24, 2.45) is 0 Å². The van der Waals surface area contributed by atoms with Gasteiger partial charge in [0.15, 0.2) is 0 Å². The van der Waals surface area contributed by atoms with E-state index in [4.69, 9.17) is 4.74 Å². The third-order valence-electron chi connectivity index (χ3n) is 4.47. The highest BCUT2D eigenvalue weighted by Gasteiger charge is 2.19. The maximum absolute atomic E-state index is 12.4. The number of carbonyl (C=O) groups is 1. The largest absolute Gasteiger partial charge is 0.487 e. The molecule has 26 heavy (non-hydrogen) atoms. The van der Waals surface area contributed by atoms with Crippen molar-refractivity contribution < 1.29 is 9.53 Å². The summed E-state index contributed by atoms with van der Waals surface area (Å²) in [7, 11) is 0. The molecule has 0 spiro atoms. The number of amides is 1. The Bertz CT molecular complexity index is 928. The predicted molar refractivity (Wildman–Crippen MR) is 103 cm³/mol. The maximum Gasteiger partial charge on any atom is 0.251 e. The van der Waals surface area contributed by atoms with Crippen LogP contribution >= 0.6 is 0 Å². The normalized spacial score (nSPS) is 11.5. The van der Waals surface area contributed by atoms with E-state index in [0.717, 1.165) is 17.8 Å². The first kappa shape index (κ1) is 18.0. The van der Waals surface area contributed by atoms with Crippen LogP contribution in [0.2, 0.25) is 0 Å². The molecule has 1 N–H and O–H groups in total. The second-order valence-corrected chi connectivity index (χ2v) is 7.21. The molecule has 0 radical (unpaired) electrons. The standard InChI is InChI=1S/C21H25N3O2/c1-5-21(3,4)23-20(25)16-7-6-8-18(11-16)26-14-17-13-24-12-15(2)9-10-19(24)22-17/h6-13H,5,14H2,1-4H3,(H,23,25). The van der Waals surface area contributed by atoms with Crippen molar-refractivity contribution >= 4 is 11.6 Å². The molecule has 5 nitrogen and oxygen atoms in total. The monoisotopic (exact) mass is 351 g/mol. The van der Waals surface area contributed by atoms with Crippen LogP contribution in [0.25, 0.3) is 5.65 Å². The van der Waals surface area contributed by atoms with Gasteiger partial charge in [-0.25, -0.2) is 4.98 Å². The molecule has 0 unspecified atom stereocenters. The fourth-order valence-electron chi connectivity index (χ4n) is 2.58. The van der Waals surface area contributed by atoms with E-state index in [9.17, 15) is 4.79 Å². The van der Waals surface area contributed by atoms with Crippen LogP contribution in [0.5, 0.6) is 5.75 Å². The van der Waals surface area contributed by atoms with E-state index < -0.39 is 0 Å². The first-order valence-corrected chi connectivity index (χ1v) is 8.86. The summed E-state index contributed by atoms with van der Waals surface area (Å²) in [6.45, 7) is 8.47. The highest BCUT2D eigenvalue weighted by atomic mass is 16.5. The fraction of sp³-hybridized carbons (Fsp3) is 0.333. The lowest BCUT2D eigenvalue weighted by Gasteiger charge is -2.24. The van der Waals surface area contributed by atoms with E-state index in [-0.39, 0.29) is 11.4 Å². The number of carbonyl (C=O) groups excluding carboxylic acids is 1. The second kappa shape index (κ2) is 7.20. The Kier molecular flexibility index (Phi) is 4.98. The number of benzene rings is 1. The van der Waals surface area contributed by atoms with Crippen LogP contribution < -0.4 is 10.1 Å². The summed E-state index contributed by atoms with van der Waals surface area (Å²) >= 11 is 0. The molecule has 0 atom stereocenters. The molecule has 2 aromatic heterocycles. The van der Waals surface area contributed by atoms with Gasteiger partial charge in [-0.3, -0.25) is 4.79 Å². The van der Waals surface area contributed by atoms with E-state index in [1.807, 2.05) is 61.8 Å². The highest BCUT2D eigenvalue weighted by Crippen LogP contribution is 2.17. The Hall–Kier alpha value is -2.82. The Morgan fingerprint density at radius 3 is 2.81 bits per heavy atom. The molecule has 0 fully saturated rings. The highest BCUT2D eigenvalue weighted by molar-refractivity contribution is 5.95. The minimum atomic E-state index is -0.234. The van der Waals surface area contributed by atoms with Crippen molar-refractivity contribution in [2.45, 2.75) is 46.3 Å². The number of hydrogen-bond acceptors (Lipinski definition) is 3. The minimum absolute atomic E-state index is 0.0921. The van der Waals surface area contributed by atoms with Gasteiger partial charge in [-0.15, -0.1) is 0 Å². The van der Waals surface area contributed by atoms with Crippen LogP contribution in [0, 0.1) is 6.92 Å². The zero-order valence-corrected chi connectivity index (χ0v) is 15.7. The molecule has 0 aliphatic heterocycles. The number of aromatic nitrogens is 2. The molecule has 0 saturated carbocycles. The number of hydrogen-bond donors (Lipinski definition) is 1. The van der Waals surface area contributed by atoms with Gasteiger partial charge in [0.2, 0.25) is 0 Å². The smallest absolute Gasteiger partial charge is 0.251 e. The molecule has 136 valence electrons. The van der Waals surface area contributed by atoms with Crippen molar-refractivity contribution in [3.63, 3.8) is 0 Å². The quantitative estimate of drug-likeness (QED) is 0.726. The molecule has 3 rings (SSSR count). The number of aryl methyl sites for hydroxylation is 1. The van der Waals surface area contributed by atoms with Crippen molar-refractivity contribution in [1.29, 1.82) is 0 Å². The van der Waals surface area contributed by atoms with Gasteiger partial charge in [0, 0.05) is 23.5 Å². The van der Waals surface area contributed by atoms with E-state index >= 15 is 0 Å². The summed E-state index contributed by atoms with van der Waals surface area (Å²) < 4.78 is 7.83. The maximum atomic E-state index is 12.4. The summed E-state index contributed by atoms with van der Waals surface area (Å²) in [4.78, 5) is 17.0. The predicted octanol–water partition coefficient (Wildman–Crippen LogP) is 4.14. The van der Waals surface area contributed by atoms with Gasteiger partial charge in [-0.2, -0.15) is 0 Å². The number of rotatable bonds is 6. The van der Waals surface area contributed by atoms with Gasteiger partial charge in [0.05, 0.1) is 5.69 Å². The van der Waals surface area contributed by atoms with E-state index in [0.29, 0.717) is 17.9 Å². The van der Waals surface area contributed by atoms with Crippen molar-refractivity contribution in [3.8, 4) is 5.75 Å². The number of nitrogens with one attached hydrogen (secondary N) is 1. The molecule has 5 heteroatoms. The van der Waals surface area contributed by atoms with Crippen molar-refractivity contribution in [3.05, 3.63) is 65.6 Å². The third-order valence-corrected chi connectivity index (χ3v) is 4.47. The first-order valence-electron chi connectivity index (χ1n) is 8.86. The van der Waals surface area contributed by atoms with E-state index in [1.165, 1.54) is 5.56 Å². The Balaban J connectivity index is 1.69. The lowest BCUT2D eigenvalue weighted by molar-refractivity contribution is 0.0910. The number of ether oxygens (including phenoxy) is 1. The fourth-order valence-corrected chi connectivity index (χ4v) is 2.58. The summed E-state index contributed by atoms with van der Waals surface area (Å²) in [6, 6.07) is 11.3. The molecule has 1 aromatic carbocycles. The van der Waals surface area contributed by atoms with Crippen LogP contribution in [-0.2, 0) is 6.61 Å². The number of nitrogens with zero attached hydrogens (tertiary/aromatic N) is 2. The average Bonchev–Trinajstić information content (AvgIpc) is 3.02. The average molecular weight is 351 g/mol. The van der Waals surface area contributed by atoms with Gasteiger partial charge < -0.3 is 14.5 Å². The molecular weight excluding hydrogens is 326 g/mol. The molecule has 2 heterocycles. The van der Waals surface area contributed by atoms with Gasteiger partial charge in [-0.1, -0.05) is 19.1 Å². The minimum Gasteiger partial charge on any atom is -0.487 e. The van der Waals surface area contributed by atoms with Crippen LogP contribution in [0.1, 0.15) is 48.8 Å². The third kappa shape index (κ3) is 4.23. The lowest BCUT2D eigenvalue weighted by Crippen LogP contribution is -2.42. The van der Waals surface area contributed by atoms with Crippen LogP contribution in [0.3, 0.4) is 0 Å². The van der Waals surface area contributed by atoms with Crippen molar-refractivity contribution in [2.75, 3.05) is 0 Å². The lowest BCUT2D eigenvalue weighted by atomic mass is 10.0. The topological polar surface area (TPSA) is 55.6 Å². The Morgan fingerprint density at radius 1 is 1.23 bits per heavy atom. The van der Waals surface area contributed by atoms with E-state index in [1.54, 1.807) is 12.1 Å². The second-order valence-electron chi connectivity index (χ2n) is 7.21. The summed E-state index contributed by atoms with van der Waals surface area (Å²) in [5.41, 5.74) is 3.27. The number of pyridine rings is 1. The van der Waals surface area contributed by atoms with Crippen LogP contribution in [-0.4, -0.2) is 20.8 Å². The molecule has 0 bridgehead atoms. The zero-order valence-electron chi connectivity index (χ0n) is 15.7. The van der Waals surface area contributed by atoms with Gasteiger partial charge >= 0.3 is 0 Å². The SMILES string of the molecule is CCC(C)(C)NC(=O)c1cccc(OCc2cn3cc(C)ccc3n2)c1. The number of imidazole rings is 1. The number of fused-ring (bicyclic) bond motifs is 1. The molecular formula is C21H25N3O2. The summed E-state index contributed by atoms with van der Waals surface area (Å²) in [5.74, 6) is 0.561. The first-order chi connectivity index (χ1) is 12.4. The molecule has 0 aliphatic rings. The molecule has 0 aliphatic carbocycles. The van der Waals surface area contributed by atoms with Crippen molar-refractivity contribution in [1.82, 2.24) is 14.7 Å². The molecule has 1 amide bonds. The van der Waals surface area contributed by atoms with Gasteiger partial charge in [0.1, 0.15) is 18.0 Å². The Labute approximate surface area is 154 Å².